The Kier molecular flexibility index (Phi) is 6.28. The van der Waals surface area contributed by atoms with Crippen LogP contribution in [0.15, 0.2) is 53.4 Å². The van der Waals surface area contributed by atoms with Crippen LogP contribution in [-0.4, -0.2) is 59.4 Å². The highest BCUT2D eigenvalue weighted by Crippen LogP contribution is 2.37. The topological polar surface area (TPSA) is 92.9 Å². The van der Waals surface area contributed by atoms with Crippen molar-refractivity contribution in [3.05, 3.63) is 49.0 Å². The van der Waals surface area contributed by atoms with Crippen molar-refractivity contribution < 1.29 is 19.0 Å². The molecule has 1 saturated heterocycles. The third-order valence-corrected chi connectivity index (χ3v) is 6.02. The van der Waals surface area contributed by atoms with Crippen molar-refractivity contribution in [1.29, 1.82) is 0 Å². The number of aliphatic hydroxyl groups is 1. The Labute approximate surface area is 192 Å². The van der Waals surface area contributed by atoms with Crippen LogP contribution in [0.4, 0.5) is 11.5 Å². The summed E-state index contributed by atoms with van der Waals surface area (Å²) in [4.78, 5) is 11.1. The number of hydrogen-bond acceptors (Lipinski definition) is 8. The van der Waals surface area contributed by atoms with E-state index in [1.165, 1.54) is 25.6 Å². The molecule has 1 aromatic carbocycles. The van der Waals surface area contributed by atoms with Crippen molar-refractivity contribution >= 4 is 22.4 Å². The van der Waals surface area contributed by atoms with Crippen LogP contribution in [-0.2, 0) is 0 Å². The number of nitrogens with zero attached hydrogens (tertiary/aromatic N) is 3. The molecule has 1 aliphatic carbocycles. The largest absolute Gasteiger partial charge is 0.493 e. The molecule has 1 aromatic heterocycles. The van der Waals surface area contributed by atoms with Crippen LogP contribution >= 0.6 is 0 Å². The van der Waals surface area contributed by atoms with Crippen molar-refractivity contribution in [1.82, 2.24) is 14.9 Å². The zero-order chi connectivity index (χ0) is 22.6. The maximum atomic E-state index is 10.5. The van der Waals surface area contributed by atoms with E-state index in [1.54, 1.807) is 13.4 Å². The Morgan fingerprint density at radius 3 is 2.85 bits per heavy atom. The summed E-state index contributed by atoms with van der Waals surface area (Å²) in [6, 6.07) is 11.4. The summed E-state index contributed by atoms with van der Waals surface area (Å²) in [5.74, 6) is 2.57. The number of methoxy groups -OCH3 is 1. The SMILES string of the molecule is COc1cc2c(Nc3ccc4occcc3-4)ncnc2cc1OCC(O)CN1CCCCC1. The number of likely N-dealkylation sites (tertiary alicyclic amines) is 1. The number of anilines is 2. The highest BCUT2D eigenvalue weighted by atomic mass is 16.5. The van der Waals surface area contributed by atoms with Crippen molar-refractivity contribution in [2.75, 3.05) is 38.7 Å². The molecule has 2 aromatic rings. The molecule has 1 atom stereocenters. The van der Waals surface area contributed by atoms with E-state index in [-0.39, 0.29) is 6.61 Å². The Bertz CT molecular complexity index is 1190. The smallest absolute Gasteiger partial charge is 0.163 e. The van der Waals surface area contributed by atoms with Gasteiger partial charge in [0.15, 0.2) is 11.5 Å². The zero-order valence-electron chi connectivity index (χ0n) is 18.7. The minimum Gasteiger partial charge on any atom is -0.493 e. The molecule has 0 radical (unpaired) electrons. The lowest BCUT2D eigenvalue weighted by atomic mass is 10.1. The summed E-state index contributed by atoms with van der Waals surface area (Å²) in [6.45, 7) is 2.88. The van der Waals surface area contributed by atoms with Crippen LogP contribution in [0.1, 0.15) is 19.3 Å². The number of β-amino-alcohol motifs (C(OH)–C–C–N with tert-alkyl or cyclic N) is 1. The first-order valence-corrected chi connectivity index (χ1v) is 11.3. The van der Waals surface area contributed by atoms with Crippen LogP contribution in [0.5, 0.6) is 11.5 Å². The number of aliphatic hydroxyl groups excluding tert-OH is 1. The van der Waals surface area contributed by atoms with Gasteiger partial charge in [-0.3, -0.25) is 0 Å². The van der Waals surface area contributed by atoms with Gasteiger partial charge in [0.1, 0.15) is 30.6 Å². The van der Waals surface area contributed by atoms with Crippen LogP contribution in [0, 0.1) is 0 Å². The predicted octanol–water partition coefficient (Wildman–Crippen LogP) is 4.31. The normalized spacial score (nSPS) is 15.6. The first kappa shape index (κ1) is 21.5. The monoisotopic (exact) mass is 448 g/mol. The molecule has 8 heteroatoms. The van der Waals surface area contributed by atoms with E-state index in [2.05, 4.69) is 20.2 Å². The second kappa shape index (κ2) is 9.64. The van der Waals surface area contributed by atoms with Gasteiger partial charge >= 0.3 is 0 Å². The maximum Gasteiger partial charge on any atom is 0.163 e. The third kappa shape index (κ3) is 4.72. The van der Waals surface area contributed by atoms with Gasteiger partial charge in [0.25, 0.3) is 0 Å². The first-order chi connectivity index (χ1) is 16.2. The molecule has 1 unspecified atom stereocenters. The van der Waals surface area contributed by atoms with Gasteiger partial charge in [0.2, 0.25) is 0 Å². The fourth-order valence-corrected chi connectivity index (χ4v) is 4.35. The summed E-state index contributed by atoms with van der Waals surface area (Å²) in [5, 5.41) is 14.7. The molecule has 2 N–H and O–H groups in total. The van der Waals surface area contributed by atoms with Gasteiger partial charge in [-0.25, -0.2) is 9.97 Å². The molecule has 0 saturated carbocycles. The highest BCUT2D eigenvalue weighted by Gasteiger charge is 2.18. The van der Waals surface area contributed by atoms with E-state index >= 15 is 0 Å². The first-order valence-electron chi connectivity index (χ1n) is 11.3. The minimum atomic E-state index is -0.567. The number of ether oxygens (including phenoxy) is 2. The molecular weight excluding hydrogens is 420 g/mol. The second-order valence-corrected chi connectivity index (χ2v) is 8.33. The molecule has 3 aliphatic rings. The maximum absolute atomic E-state index is 10.5. The second-order valence-electron chi connectivity index (χ2n) is 8.33. The van der Waals surface area contributed by atoms with Crippen LogP contribution in [0.3, 0.4) is 0 Å². The molecule has 1 fully saturated rings. The van der Waals surface area contributed by atoms with E-state index in [1.807, 2.05) is 36.4 Å². The van der Waals surface area contributed by atoms with Crippen molar-refractivity contribution in [2.45, 2.75) is 25.4 Å². The molecule has 8 nitrogen and oxygen atoms in total. The van der Waals surface area contributed by atoms with Crippen molar-refractivity contribution in [3.8, 4) is 22.8 Å². The van der Waals surface area contributed by atoms with Crippen LogP contribution < -0.4 is 14.8 Å². The summed E-state index contributed by atoms with van der Waals surface area (Å²) in [5.41, 5.74) is 2.59. The van der Waals surface area contributed by atoms with Gasteiger partial charge in [0, 0.05) is 23.6 Å². The van der Waals surface area contributed by atoms with Crippen LogP contribution in [0.2, 0.25) is 0 Å². The Morgan fingerprint density at radius 1 is 1.12 bits per heavy atom. The summed E-state index contributed by atoms with van der Waals surface area (Å²) < 4.78 is 17.1. The van der Waals surface area contributed by atoms with Crippen molar-refractivity contribution in [2.24, 2.45) is 0 Å². The van der Waals surface area contributed by atoms with E-state index < -0.39 is 6.10 Å². The average Bonchev–Trinajstić information content (AvgIpc) is 3.26. The lowest BCUT2D eigenvalue weighted by Gasteiger charge is -2.28. The predicted molar refractivity (Wildman–Crippen MR) is 126 cm³/mol. The van der Waals surface area contributed by atoms with Gasteiger partial charge in [-0.05, 0) is 56.3 Å². The summed E-state index contributed by atoms with van der Waals surface area (Å²) in [6.07, 6.45) is 6.26. The summed E-state index contributed by atoms with van der Waals surface area (Å²) in [7, 11) is 1.60. The molecule has 3 heterocycles. The van der Waals surface area contributed by atoms with Gasteiger partial charge in [0.05, 0.1) is 24.6 Å². The number of hydrogen-bond donors (Lipinski definition) is 2. The van der Waals surface area contributed by atoms with E-state index in [9.17, 15) is 5.11 Å². The number of aromatic nitrogens is 2. The molecule has 33 heavy (non-hydrogen) atoms. The minimum absolute atomic E-state index is 0.192. The fraction of sp³-hybridized carbons (Fsp3) is 0.360. The number of fused-ring (bicyclic) bond motifs is 2. The van der Waals surface area contributed by atoms with Crippen molar-refractivity contribution in [3.63, 3.8) is 0 Å². The molecule has 0 bridgehead atoms. The highest BCUT2D eigenvalue weighted by molar-refractivity contribution is 5.94. The number of benzene rings is 1. The third-order valence-electron chi connectivity index (χ3n) is 6.02. The molecule has 0 amide bonds. The fourth-order valence-electron chi connectivity index (χ4n) is 4.35. The molecule has 172 valence electrons. The summed E-state index contributed by atoms with van der Waals surface area (Å²) >= 11 is 0. The molecule has 2 aliphatic heterocycles. The number of piperidine rings is 1. The lowest BCUT2D eigenvalue weighted by Crippen LogP contribution is -2.38. The van der Waals surface area contributed by atoms with Gasteiger partial charge in [-0.15, -0.1) is 0 Å². The van der Waals surface area contributed by atoms with Gasteiger partial charge < -0.3 is 29.2 Å². The van der Waals surface area contributed by atoms with Gasteiger partial charge in [-0.2, -0.15) is 0 Å². The molecular formula is C25H28N4O4. The average molecular weight is 449 g/mol. The number of rotatable bonds is 8. The molecule has 5 rings (SSSR count). The van der Waals surface area contributed by atoms with E-state index in [4.69, 9.17) is 13.9 Å². The quantitative estimate of drug-likeness (QED) is 0.412. The standard InChI is InChI=1S/C25H28N4O4/c1-31-23-12-19-21(13-24(23)33-15-17(30)14-29-9-3-2-4-10-29)26-16-27-25(19)28-20-7-8-22-18(20)6-5-11-32-22/h5-8,11-13,16-17,30H,2-4,9-10,14-15H2,1H3,(H,26,27,28). The Balaban J connectivity index is 1.35. The number of nitrogens with one attached hydrogen (secondary N) is 1. The van der Waals surface area contributed by atoms with E-state index in [0.717, 1.165) is 41.0 Å². The lowest BCUT2D eigenvalue weighted by molar-refractivity contribution is 0.0609. The van der Waals surface area contributed by atoms with Crippen LogP contribution in [0.25, 0.3) is 22.2 Å². The van der Waals surface area contributed by atoms with Gasteiger partial charge in [-0.1, -0.05) is 6.42 Å². The molecule has 0 spiro atoms. The Hall–Kier alpha value is -3.36. The van der Waals surface area contributed by atoms with E-state index in [0.29, 0.717) is 23.9 Å². The Morgan fingerprint density at radius 2 is 2.00 bits per heavy atom. The zero-order valence-corrected chi connectivity index (χ0v) is 18.7.